The second-order valence-electron chi connectivity index (χ2n) is 3.49. The number of rotatable bonds is 4. The van der Waals surface area contributed by atoms with Gasteiger partial charge in [0.15, 0.2) is 0 Å². The molecule has 0 aliphatic rings. The number of hydrogen-bond donors (Lipinski definition) is 1. The van der Waals surface area contributed by atoms with Gasteiger partial charge in [0.1, 0.15) is 5.82 Å². The van der Waals surface area contributed by atoms with Gasteiger partial charge in [-0.2, -0.15) is 0 Å². The van der Waals surface area contributed by atoms with E-state index in [-0.39, 0.29) is 18.2 Å². The zero-order valence-electron chi connectivity index (χ0n) is 9.44. The van der Waals surface area contributed by atoms with Crippen LogP contribution in [0.15, 0.2) is 29.6 Å². The quantitative estimate of drug-likeness (QED) is 0.925. The highest BCUT2D eigenvalue weighted by molar-refractivity contribution is 7.09. The van der Waals surface area contributed by atoms with E-state index in [0.717, 1.165) is 29.2 Å². The van der Waals surface area contributed by atoms with Gasteiger partial charge in [0.25, 0.3) is 0 Å². The monoisotopic (exact) mass is 272 g/mol. The first-order chi connectivity index (χ1) is 7.79. The van der Waals surface area contributed by atoms with Gasteiger partial charge in [-0.25, -0.2) is 9.37 Å². The van der Waals surface area contributed by atoms with Crippen molar-refractivity contribution in [2.24, 2.45) is 0 Å². The minimum Gasteiger partial charge on any atom is -0.319 e. The van der Waals surface area contributed by atoms with Crippen LogP contribution >= 0.6 is 23.7 Å². The normalized spacial score (nSPS) is 10.0. The standard InChI is InChI=1S/C12H13FN2S.ClH/c1-14-7-6-12-15-11(8-16-12)9-2-4-10(13)5-3-9;/h2-5,8,14H,6-7H2,1H3;1H. The molecule has 2 nitrogen and oxygen atoms in total. The van der Waals surface area contributed by atoms with Crippen LogP contribution in [0.5, 0.6) is 0 Å². The number of halogens is 2. The third kappa shape index (κ3) is 3.77. The van der Waals surface area contributed by atoms with E-state index in [1.54, 1.807) is 23.5 Å². The van der Waals surface area contributed by atoms with E-state index >= 15 is 0 Å². The van der Waals surface area contributed by atoms with Crippen LogP contribution in [0.25, 0.3) is 11.3 Å². The predicted octanol–water partition coefficient (Wildman–Crippen LogP) is 3.13. The molecule has 0 spiro atoms. The van der Waals surface area contributed by atoms with Crippen molar-refractivity contribution >= 4 is 23.7 Å². The minimum absolute atomic E-state index is 0. The molecule has 5 heteroatoms. The van der Waals surface area contributed by atoms with E-state index in [0.29, 0.717) is 0 Å². The third-order valence-corrected chi connectivity index (χ3v) is 3.19. The Kier molecular flexibility index (Phi) is 5.55. The maximum Gasteiger partial charge on any atom is 0.123 e. The fourth-order valence-corrected chi connectivity index (χ4v) is 2.22. The van der Waals surface area contributed by atoms with Crippen LogP contribution in [0.1, 0.15) is 5.01 Å². The van der Waals surface area contributed by atoms with Crippen LogP contribution in [-0.2, 0) is 6.42 Å². The lowest BCUT2D eigenvalue weighted by Gasteiger charge is -1.96. The lowest BCUT2D eigenvalue weighted by Crippen LogP contribution is -2.09. The van der Waals surface area contributed by atoms with Crippen molar-refractivity contribution in [3.8, 4) is 11.3 Å². The topological polar surface area (TPSA) is 24.9 Å². The second kappa shape index (κ2) is 6.69. The zero-order valence-corrected chi connectivity index (χ0v) is 11.1. The van der Waals surface area contributed by atoms with Crippen molar-refractivity contribution in [2.45, 2.75) is 6.42 Å². The third-order valence-electron chi connectivity index (χ3n) is 2.28. The average molecular weight is 273 g/mol. The first kappa shape index (κ1) is 14.1. The summed E-state index contributed by atoms with van der Waals surface area (Å²) in [5.74, 6) is -0.214. The summed E-state index contributed by atoms with van der Waals surface area (Å²) in [5, 5.41) is 6.21. The van der Waals surface area contributed by atoms with Gasteiger partial charge in [0.2, 0.25) is 0 Å². The summed E-state index contributed by atoms with van der Waals surface area (Å²) in [7, 11) is 1.93. The molecule has 0 aliphatic heterocycles. The molecule has 0 atom stereocenters. The molecular weight excluding hydrogens is 259 g/mol. The highest BCUT2D eigenvalue weighted by atomic mass is 35.5. The summed E-state index contributed by atoms with van der Waals surface area (Å²) in [6.45, 7) is 0.927. The summed E-state index contributed by atoms with van der Waals surface area (Å²) >= 11 is 1.64. The van der Waals surface area contributed by atoms with Crippen molar-refractivity contribution in [3.63, 3.8) is 0 Å². The Morgan fingerprint density at radius 2 is 2.00 bits per heavy atom. The van der Waals surface area contributed by atoms with E-state index in [4.69, 9.17) is 0 Å². The van der Waals surface area contributed by atoms with Gasteiger partial charge in [0.05, 0.1) is 10.7 Å². The van der Waals surface area contributed by atoms with Crippen molar-refractivity contribution in [2.75, 3.05) is 13.6 Å². The molecular formula is C12H14ClFN2S. The minimum atomic E-state index is -0.214. The van der Waals surface area contributed by atoms with Gasteiger partial charge in [-0.1, -0.05) is 0 Å². The number of aromatic nitrogens is 1. The molecule has 2 rings (SSSR count). The molecule has 0 fully saturated rings. The molecule has 0 bridgehead atoms. The Bertz CT molecular complexity index is 456. The fraction of sp³-hybridized carbons (Fsp3) is 0.250. The summed E-state index contributed by atoms with van der Waals surface area (Å²) in [6, 6.07) is 6.43. The van der Waals surface area contributed by atoms with Gasteiger partial charge in [0, 0.05) is 23.9 Å². The Labute approximate surface area is 110 Å². The van der Waals surface area contributed by atoms with Crippen molar-refractivity contribution in [1.82, 2.24) is 10.3 Å². The highest BCUT2D eigenvalue weighted by Crippen LogP contribution is 2.22. The largest absolute Gasteiger partial charge is 0.319 e. The predicted molar refractivity (Wildman–Crippen MR) is 72.4 cm³/mol. The summed E-state index contributed by atoms with van der Waals surface area (Å²) in [5.41, 5.74) is 1.89. The van der Waals surface area contributed by atoms with Crippen LogP contribution in [0.3, 0.4) is 0 Å². The lowest BCUT2D eigenvalue weighted by atomic mass is 10.2. The number of thiazole rings is 1. The van der Waals surface area contributed by atoms with Gasteiger partial charge >= 0.3 is 0 Å². The number of benzene rings is 1. The van der Waals surface area contributed by atoms with Crippen LogP contribution in [0.4, 0.5) is 4.39 Å². The molecule has 92 valence electrons. The van der Waals surface area contributed by atoms with Crippen molar-refractivity contribution in [1.29, 1.82) is 0 Å². The molecule has 0 saturated heterocycles. The highest BCUT2D eigenvalue weighted by Gasteiger charge is 2.04. The van der Waals surface area contributed by atoms with Gasteiger partial charge in [-0.05, 0) is 31.3 Å². The summed E-state index contributed by atoms with van der Waals surface area (Å²) < 4.78 is 12.7. The van der Waals surface area contributed by atoms with Gasteiger partial charge in [-0.3, -0.25) is 0 Å². The number of nitrogens with zero attached hydrogens (tertiary/aromatic N) is 1. The molecule has 0 unspecified atom stereocenters. The number of hydrogen-bond acceptors (Lipinski definition) is 3. The maximum atomic E-state index is 12.7. The Hall–Kier alpha value is -0.970. The summed E-state index contributed by atoms with van der Waals surface area (Å²) in [6.07, 6.45) is 0.933. The SMILES string of the molecule is CNCCc1nc(-c2ccc(F)cc2)cs1.Cl. The Morgan fingerprint density at radius 1 is 1.29 bits per heavy atom. The van der Waals surface area contributed by atoms with Gasteiger partial charge < -0.3 is 5.32 Å². The van der Waals surface area contributed by atoms with E-state index < -0.39 is 0 Å². The molecule has 2 aromatic rings. The van der Waals surface area contributed by atoms with Crippen LogP contribution in [-0.4, -0.2) is 18.6 Å². The number of likely N-dealkylation sites (N-methyl/N-ethyl adjacent to an activating group) is 1. The smallest absolute Gasteiger partial charge is 0.123 e. The molecule has 0 radical (unpaired) electrons. The lowest BCUT2D eigenvalue weighted by molar-refractivity contribution is 0.628. The summed E-state index contributed by atoms with van der Waals surface area (Å²) in [4.78, 5) is 4.50. The molecule has 1 aromatic carbocycles. The van der Waals surface area contributed by atoms with E-state index in [9.17, 15) is 4.39 Å². The van der Waals surface area contributed by atoms with Gasteiger partial charge in [-0.15, -0.1) is 23.7 Å². The Morgan fingerprint density at radius 3 is 2.65 bits per heavy atom. The molecule has 1 N–H and O–H groups in total. The molecule has 1 aromatic heterocycles. The number of nitrogens with one attached hydrogen (secondary N) is 1. The zero-order chi connectivity index (χ0) is 11.4. The van der Waals surface area contributed by atoms with Crippen molar-refractivity contribution < 1.29 is 4.39 Å². The molecule has 0 saturated carbocycles. The van der Waals surface area contributed by atoms with E-state index in [2.05, 4.69) is 10.3 Å². The Balaban J connectivity index is 0.00000144. The van der Waals surface area contributed by atoms with E-state index in [1.165, 1.54) is 12.1 Å². The average Bonchev–Trinajstić information content (AvgIpc) is 2.76. The fourth-order valence-electron chi connectivity index (χ4n) is 1.41. The van der Waals surface area contributed by atoms with Crippen LogP contribution in [0, 0.1) is 5.82 Å². The molecule has 0 aliphatic carbocycles. The molecule has 1 heterocycles. The van der Waals surface area contributed by atoms with Crippen LogP contribution < -0.4 is 5.32 Å². The second-order valence-corrected chi connectivity index (χ2v) is 4.43. The maximum absolute atomic E-state index is 12.7. The van der Waals surface area contributed by atoms with Crippen molar-refractivity contribution in [3.05, 3.63) is 40.5 Å². The first-order valence-electron chi connectivity index (χ1n) is 5.14. The molecule has 17 heavy (non-hydrogen) atoms. The van der Waals surface area contributed by atoms with Crippen LogP contribution in [0.2, 0.25) is 0 Å². The molecule has 0 amide bonds. The first-order valence-corrected chi connectivity index (χ1v) is 6.02. The van der Waals surface area contributed by atoms with E-state index in [1.807, 2.05) is 12.4 Å².